The number of ether oxygens (including phenoxy) is 2. The van der Waals surface area contributed by atoms with Crippen molar-refractivity contribution in [2.75, 3.05) is 6.61 Å². The third-order valence-corrected chi connectivity index (χ3v) is 4.53. The molecule has 1 aliphatic rings. The molecule has 0 heterocycles. The average Bonchev–Trinajstić information content (AvgIpc) is 2.49. The Kier molecular flexibility index (Phi) is 6.58. The Labute approximate surface area is 144 Å². The van der Waals surface area contributed by atoms with E-state index in [1.54, 1.807) is 0 Å². The lowest BCUT2D eigenvalue weighted by Crippen LogP contribution is -2.59. The molecule has 0 spiro atoms. The highest BCUT2D eigenvalue weighted by molar-refractivity contribution is 7.86. The maximum Gasteiger partial charge on any atom is 0.468 e. The first-order chi connectivity index (χ1) is 11.6. The van der Waals surface area contributed by atoms with Crippen molar-refractivity contribution in [3.05, 3.63) is 0 Å². The first-order valence-electron chi connectivity index (χ1n) is 7.16. The van der Waals surface area contributed by atoms with Crippen LogP contribution in [0.5, 0.6) is 0 Å². The van der Waals surface area contributed by atoms with Gasteiger partial charge < -0.3 is 14.6 Å². The van der Waals surface area contributed by atoms with E-state index in [0.29, 0.717) is 19.3 Å². The van der Waals surface area contributed by atoms with Crippen LogP contribution in [0.1, 0.15) is 32.1 Å². The molecule has 0 amide bonds. The average molecular weight is 414 g/mol. The van der Waals surface area contributed by atoms with Crippen molar-refractivity contribution in [2.45, 2.75) is 49.3 Å². The van der Waals surface area contributed by atoms with E-state index in [4.69, 9.17) is 9.66 Å². The molecule has 1 atom stereocenters. The van der Waals surface area contributed by atoms with Gasteiger partial charge in [-0.05, 0) is 12.8 Å². The van der Waals surface area contributed by atoms with E-state index >= 15 is 0 Å². The summed E-state index contributed by atoms with van der Waals surface area (Å²) in [5.74, 6) is -10.6. The van der Waals surface area contributed by atoms with Gasteiger partial charge in [-0.25, -0.2) is 4.79 Å². The van der Waals surface area contributed by atoms with Gasteiger partial charge in [-0.2, -0.15) is 30.4 Å². The number of carbonyl (C=O) groups is 2. The normalized spacial score (nSPS) is 19.6. The summed E-state index contributed by atoms with van der Waals surface area (Å²) < 4.78 is 102. The number of carboxylic acids is 1. The van der Waals surface area contributed by atoms with Gasteiger partial charge in [0, 0.05) is 0 Å². The van der Waals surface area contributed by atoms with Gasteiger partial charge in [0.1, 0.15) is 6.61 Å². The number of halogens is 5. The molecule has 0 bridgehead atoms. The second-order valence-electron chi connectivity index (χ2n) is 5.58. The number of carbonyl (C=O) groups excluding carboxylic acids is 1. The second-order valence-corrected chi connectivity index (χ2v) is 7.12. The molecule has 0 saturated heterocycles. The Morgan fingerprint density at radius 3 is 1.92 bits per heavy atom. The van der Waals surface area contributed by atoms with Gasteiger partial charge in [-0.3, -0.25) is 9.35 Å². The van der Waals surface area contributed by atoms with Crippen molar-refractivity contribution in [1.29, 1.82) is 0 Å². The van der Waals surface area contributed by atoms with E-state index in [2.05, 4.69) is 9.47 Å². The van der Waals surface area contributed by atoms with Crippen LogP contribution in [0.2, 0.25) is 0 Å². The third-order valence-electron chi connectivity index (χ3n) is 3.66. The summed E-state index contributed by atoms with van der Waals surface area (Å²) >= 11 is 0. The molecule has 0 aromatic rings. The van der Waals surface area contributed by atoms with Crippen LogP contribution in [0.3, 0.4) is 0 Å². The summed E-state index contributed by atoms with van der Waals surface area (Å²) in [5.41, 5.74) is 0. The molecule has 152 valence electrons. The number of carboxylic acid groups (broad SMARTS) is 1. The van der Waals surface area contributed by atoms with E-state index in [1.165, 1.54) is 0 Å². The van der Waals surface area contributed by atoms with Gasteiger partial charge in [0.2, 0.25) is 0 Å². The molecule has 1 fully saturated rings. The molecule has 1 aliphatic carbocycles. The summed E-state index contributed by atoms with van der Waals surface area (Å²) in [4.78, 5) is 22.9. The van der Waals surface area contributed by atoms with Crippen LogP contribution in [-0.2, 0) is 29.2 Å². The fourth-order valence-electron chi connectivity index (χ4n) is 2.22. The van der Waals surface area contributed by atoms with E-state index in [9.17, 15) is 40.0 Å². The number of alkyl halides is 5. The van der Waals surface area contributed by atoms with Gasteiger partial charge in [-0.1, -0.05) is 19.3 Å². The number of hydrogen-bond acceptors (Lipinski definition) is 6. The highest BCUT2D eigenvalue weighted by Gasteiger charge is 2.68. The van der Waals surface area contributed by atoms with Crippen LogP contribution in [0, 0.1) is 5.92 Å². The molecular formula is C12H15F5O8S. The number of rotatable bonds is 7. The Bertz CT molecular complexity index is 640. The predicted octanol–water partition coefficient (Wildman–Crippen LogP) is 1.95. The standard InChI is InChI=1S/C12H15F5O8S/c13-10(14,26(21,22)23)6-24-11(9(19)20,12(15,16)17)25-8(18)7-4-2-1-3-5-7/h7H,1-6H2,(H,19,20)(H,21,22,23). The van der Waals surface area contributed by atoms with Crippen LogP contribution in [-0.4, -0.2) is 53.8 Å². The summed E-state index contributed by atoms with van der Waals surface area (Å²) in [5, 5.41) is 3.56. The van der Waals surface area contributed by atoms with E-state index in [0.717, 1.165) is 0 Å². The molecule has 26 heavy (non-hydrogen) atoms. The lowest BCUT2D eigenvalue weighted by atomic mass is 9.89. The van der Waals surface area contributed by atoms with Crippen molar-refractivity contribution >= 4 is 22.1 Å². The van der Waals surface area contributed by atoms with Crippen molar-refractivity contribution in [2.24, 2.45) is 5.92 Å². The molecule has 2 N–H and O–H groups in total. The van der Waals surface area contributed by atoms with Gasteiger partial charge >= 0.3 is 39.3 Å². The van der Waals surface area contributed by atoms with Crippen LogP contribution < -0.4 is 0 Å². The molecular weight excluding hydrogens is 399 g/mol. The quantitative estimate of drug-likeness (QED) is 0.280. The first-order valence-corrected chi connectivity index (χ1v) is 8.60. The number of esters is 1. The van der Waals surface area contributed by atoms with E-state index < -0.39 is 51.8 Å². The summed E-state index contributed by atoms with van der Waals surface area (Å²) in [6.45, 7) is -2.71. The smallest absolute Gasteiger partial charge is 0.468 e. The molecule has 1 rings (SSSR count). The lowest BCUT2D eigenvalue weighted by molar-refractivity contribution is -0.360. The molecule has 0 radical (unpaired) electrons. The summed E-state index contributed by atoms with van der Waals surface area (Å²) in [6, 6.07) is 0. The topological polar surface area (TPSA) is 127 Å². The van der Waals surface area contributed by atoms with Gasteiger partial charge in [0.05, 0.1) is 5.92 Å². The minimum absolute atomic E-state index is 0.105. The van der Waals surface area contributed by atoms with E-state index in [1.807, 2.05) is 0 Å². The lowest BCUT2D eigenvalue weighted by Gasteiger charge is -2.33. The van der Waals surface area contributed by atoms with Crippen LogP contribution in [0.4, 0.5) is 22.0 Å². The van der Waals surface area contributed by atoms with Gasteiger partial charge in [0.15, 0.2) is 0 Å². The minimum Gasteiger partial charge on any atom is -0.476 e. The Morgan fingerprint density at radius 1 is 1.04 bits per heavy atom. The van der Waals surface area contributed by atoms with Crippen molar-refractivity contribution in [3.63, 3.8) is 0 Å². The number of hydrogen-bond donors (Lipinski definition) is 2. The first kappa shape index (κ1) is 22.5. The maximum absolute atomic E-state index is 13.2. The molecule has 0 aromatic carbocycles. The monoisotopic (exact) mass is 414 g/mol. The molecule has 0 aliphatic heterocycles. The molecule has 8 nitrogen and oxygen atoms in total. The maximum atomic E-state index is 13.2. The third kappa shape index (κ3) is 4.79. The Balaban J connectivity index is 3.14. The minimum atomic E-state index is -6.20. The van der Waals surface area contributed by atoms with Gasteiger partial charge in [-0.15, -0.1) is 0 Å². The highest BCUT2D eigenvalue weighted by atomic mass is 32.2. The Hall–Kier alpha value is -1.54. The largest absolute Gasteiger partial charge is 0.476 e. The van der Waals surface area contributed by atoms with Crippen molar-refractivity contribution < 1.29 is 59.1 Å². The molecule has 14 heteroatoms. The Morgan fingerprint density at radius 2 is 1.54 bits per heavy atom. The fourth-order valence-corrected chi connectivity index (χ4v) is 2.43. The summed E-state index contributed by atoms with van der Waals surface area (Å²) in [6.07, 6.45) is -4.18. The second kappa shape index (κ2) is 7.60. The highest BCUT2D eigenvalue weighted by Crippen LogP contribution is 2.39. The summed E-state index contributed by atoms with van der Waals surface area (Å²) in [7, 11) is -6.20. The molecule has 1 saturated carbocycles. The van der Waals surface area contributed by atoms with Crippen LogP contribution >= 0.6 is 0 Å². The van der Waals surface area contributed by atoms with Crippen molar-refractivity contribution in [3.8, 4) is 0 Å². The zero-order valence-electron chi connectivity index (χ0n) is 13.0. The SMILES string of the molecule is O=C(OC(OCC(F)(F)S(=O)(=O)O)(C(=O)O)C(F)(F)F)C1CCCCC1. The van der Waals surface area contributed by atoms with Crippen LogP contribution in [0.15, 0.2) is 0 Å². The zero-order valence-corrected chi connectivity index (χ0v) is 13.8. The van der Waals surface area contributed by atoms with Gasteiger partial charge in [0.25, 0.3) is 0 Å². The zero-order chi connectivity index (χ0) is 20.4. The predicted molar refractivity (Wildman–Crippen MR) is 71.5 cm³/mol. The van der Waals surface area contributed by atoms with Crippen LogP contribution in [0.25, 0.3) is 0 Å². The van der Waals surface area contributed by atoms with Crippen molar-refractivity contribution in [1.82, 2.24) is 0 Å². The molecule has 0 aromatic heterocycles. The fraction of sp³-hybridized carbons (Fsp3) is 0.833. The number of aliphatic carboxylic acids is 1. The van der Waals surface area contributed by atoms with E-state index in [-0.39, 0.29) is 12.8 Å². The molecule has 1 unspecified atom stereocenters.